The van der Waals surface area contributed by atoms with Crippen LogP contribution in [0.1, 0.15) is 11.1 Å². The number of carbonyl (C=O) groups excluding carboxylic acids is 1. The van der Waals surface area contributed by atoms with Crippen LogP contribution in [-0.2, 0) is 17.6 Å². The third-order valence-corrected chi connectivity index (χ3v) is 2.07. The van der Waals surface area contributed by atoms with Crippen LogP contribution in [0.15, 0.2) is 18.2 Å². The molecule has 0 aliphatic heterocycles. The first-order valence-electron chi connectivity index (χ1n) is 3.65. The molecule has 1 aromatic carbocycles. The minimum atomic E-state index is 0. The molecule has 1 aliphatic rings. The number of nitrogens with two attached hydrogens (primary N) is 1. The van der Waals surface area contributed by atoms with E-state index in [0.29, 0.717) is 12.8 Å². The first kappa shape index (κ1) is 9.07. The van der Waals surface area contributed by atoms with E-state index in [4.69, 9.17) is 5.73 Å². The molecule has 0 amide bonds. The summed E-state index contributed by atoms with van der Waals surface area (Å²) in [4.78, 5) is 11.0. The van der Waals surface area contributed by atoms with E-state index in [1.165, 1.54) is 0 Å². The Labute approximate surface area is 77.2 Å². The molecule has 3 heteroatoms. The zero-order valence-electron chi connectivity index (χ0n) is 6.54. The van der Waals surface area contributed by atoms with E-state index < -0.39 is 0 Å². The molecule has 0 unspecified atom stereocenters. The van der Waals surface area contributed by atoms with Gasteiger partial charge in [-0.15, -0.1) is 12.4 Å². The van der Waals surface area contributed by atoms with Gasteiger partial charge in [0.15, 0.2) is 0 Å². The summed E-state index contributed by atoms with van der Waals surface area (Å²) in [7, 11) is 0. The zero-order valence-corrected chi connectivity index (χ0v) is 7.36. The largest absolute Gasteiger partial charge is 0.398 e. The molecule has 0 aromatic heterocycles. The molecule has 2 nitrogen and oxygen atoms in total. The Balaban J connectivity index is 0.000000720. The monoisotopic (exact) mass is 183 g/mol. The fourth-order valence-electron chi connectivity index (χ4n) is 1.51. The lowest BCUT2D eigenvalue weighted by atomic mass is 10.1. The van der Waals surface area contributed by atoms with E-state index in [-0.39, 0.29) is 18.2 Å². The number of rotatable bonds is 0. The Morgan fingerprint density at radius 1 is 1.25 bits per heavy atom. The Kier molecular flexibility index (Phi) is 2.38. The number of fused-ring (bicyclic) bond motifs is 1. The summed E-state index contributed by atoms with van der Waals surface area (Å²) in [6, 6.07) is 5.71. The Morgan fingerprint density at radius 3 is 2.67 bits per heavy atom. The molecule has 2 rings (SSSR count). The highest BCUT2D eigenvalue weighted by Crippen LogP contribution is 2.24. The van der Waals surface area contributed by atoms with Crippen LogP contribution in [0, 0.1) is 0 Å². The highest BCUT2D eigenvalue weighted by atomic mass is 35.5. The summed E-state index contributed by atoms with van der Waals surface area (Å²) in [6.07, 6.45) is 1.10. The van der Waals surface area contributed by atoms with Gasteiger partial charge in [-0.1, -0.05) is 12.1 Å². The smallest absolute Gasteiger partial charge is 0.141 e. The van der Waals surface area contributed by atoms with Crippen LogP contribution in [-0.4, -0.2) is 5.78 Å². The van der Waals surface area contributed by atoms with Crippen molar-refractivity contribution in [3.8, 4) is 0 Å². The van der Waals surface area contributed by atoms with Gasteiger partial charge >= 0.3 is 0 Å². The first-order valence-corrected chi connectivity index (χ1v) is 3.65. The molecule has 1 aromatic rings. The first-order chi connectivity index (χ1) is 5.27. The normalized spacial score (nSPS) is 13.8. The summed E-state index contributed by atoms with van der Waals surface area (Å²) in [6.45, 7) is 0. The molecule has 0 bridgehead atoms. The van der Waals surface area contributed by atoms with Gasteiger partial charge in [-0.25, -0.2) is 0 Å². The quantitative estimate of drug-likeness (QED) is 0.618. The minimum Gasteiger partial charge on any atom is -0.398 e. The van der Waals surface area contributed by atoms with Crippen molar-refractivity contribution in [1.82, 2.24) is 0 Å². The maximum Gasteiger partial charge on any atom is 0.141 e. The number of ketones is 1. The van der Waals surface area contributed by atoms with E-state index in [2.05, 4.69) is 0 Å². The van der Waals surface area contributed by atoms with E-state index in [1.54, 1.807) is 0 Å². The number of hydrogen-bond donors (Lipinski definition) is 1. The van der Waals surface area contributed by atoms with Crippen molar-refractivity contribution in [2.75, 3.05) is 5.73 Å². The van der Waals surface area contributed by atoms with Gasteiger partial charge < -0.3 is 5.73 Å². The van der Waals surface area contributed by atoms with Gasteiger partial charge in [0, 0.05) is 18.5 Å². The van der Waals surface area contributed by atoms with Crippen molar-refractivity contribution < 1.29 is 4.79 Å². The van der Waals surface area contributed by atoms with Crippen molar-refractivity contribution in [3.63, 3.8) is 0 Å². The highest BCUT2D eigenvalue weighted by molar-refractivity contribution is 5.90. The van der Waals surface area contributed by atoms with Crippen molar-refractivity contribution >= 4 is 23.9 Å². The van der Waals surface area contributed by atoms with Crippen LogP contribution in [0.4, 0.5) is 5.69 Å². The van der Waals surface area contributed by atoms with E-state index >= 15 is 0 Å². The summed E-state index contributed by atoms with van der Waals surface area (Å²) in [5.74, 6) is 0.276. The summed E-state index contributed by atoms with van der Waals surface area (Å²) in [5, 5.41) is 0. The Bertz CT molecular complexity index is 322. The van der Waals surface area contributed by atoms with Crippen molar-refractivity contribution in [2.45, 2.75) is 12.8 Å². The van der Waals surface area contributed by atoms with E-state index in [9.17, 15) is 4.79 Å². The molecule has 1 aliphatic carbocycles. The van der Waals surface area contributed by atoms with Gasteiger partial charge in [0.25, 0.3) is 0 Å². The number of hydrogen-bond acceptors (Lipinski definition) is 2. The number of halogens is 1. The molecule has 0 heterocycles. The zero-order chi connectivity index (χ0) is 7.84. The van der Waals surface area contributed by atoms with Crippen LogP contribution < -0.4 is 5.73 Å². The van der Waals surface area contributed by atoms with Crippen molar-refractivity contribution in [3.05, 3.63) is 29.3 Å². The second kappa shape index (κ2) is 3.15. The average Bonchev–Trinajstić information content (AvgIpc) is 2.31. The minimum absolute atomic E-state index is 0. The molecule has 0 saturated carbocycles. The summed E-state index contributed by atoms with van der Waals surface area (Å²) in [5.41, 5.74) is 8.59. The lowest BCUT2D eigenvalue weighted by molar-refractivity contribution is -0.117. The number of benzene rings is 1. The molecule has 0 atom stereocenters. The molecule has 2 N–H and O–H groups in total. The van der Waals surface area contributed by atoms with Crippen molar-refractivity contribution in [2.24, 2.45) is 0 Å². The van der Waals surface area contributed by atoms with Gasteiger partial charge in [-0.2, -0.15) is 0 Å². The second-order valence-electron chi connectivity index (χ2n) is 2.88. The fourth-order valence-corrected chi connectivity index (χ4v) is 1.51. The molecule has 0 radical (unpaired) electrons. The molecular formula is C9H10ClNO. The van der Waals surface area contributed by atoms with Gasteiger partial charge in [0.2, 0.25) is 0 Å². The number of nitrogen functional groups attached to an aromatic ring is 1. The molecule has 64 valence electrons. The molecule has 12 heavy (non-hydrogen) atoms. The third kappa shape index (κ3) is 1.30. The van der Waals surface area contributed by atoms with Crippen LogP contribution in [0.3, 0.4) is 0 Å². The van der Waals surface area contributed by atoms with Crippen LogP contribution in [0.5, 0.6) is 0 Å². The van der Waals surface area contributed by atoms with Crippen LogP contribution in [0.25, 0.3) is 0 Å². The summed E-state index contributed by atoms with van der Waals surface area (Å²) < 4.78 is 0. The Morgan fingerprint density at radius 2 is 2.00 bits per heavy atom. The fraction of sp³-hybridized carbons (Fsp3) is 0.222. The van der Waals surface area contributed by atoms with Crippen LogP contribution >= 0.6 is 12.4 Å². The third-order valence-electron chi connectivity index (χ3n) is 2.07. The average molecular weight is 184 g/mol. The SMILES string of the molecule is Cl.Nc1cccc2c1CC(=O)C2. The predicted octanol–water partition coefficient (Wildman–Crippen LogP) is 1.36. The lowest BCUT2D eigenvalue weighted by Crippen LogP contribution is -1.95. The van der Waals surface area contributed by atoms with Gasteiger partial charge in [-0.3, -0.25) is 4.79 Å². The Hall–Kier alpha value is -1.02. The second-order valence-corrected chi connectivity index (χ2v) is 2.88. The summed E-state index contributed by atoms with van der Waals surface area (Å²) >= 11 is 0. The molecule has 0 spiro atoms. The molecule has 0 fully saturated rings. The number of Topliss-reactive ketones (excluding diaryl/α,β-unsaturated/α-hetero) is 1. The highest BCUT2D eigenvalue weighted by Gasteiger charge is 2.19. The standard InChI is InChI=1S/C9H9NO.ClH/c10-9-3-1-2-6-4-7(11)5-8(6)9;/h1-3H,4-5,10H2;1H. The van der Waals surface area contributed by atoms with Crippen LogP contribution in [0.2, 0.25) is 0 Å². The predicted molar refractivity (Wildman–Crippen MR) is 50.5 cm³/mol. The van der Waals surface area contributed by atoms with Gasteiger partial charge in [0.05, 0.1) is 0 Å². The number of anilines is 1. The van der Waals surface area contributed by atoms with E-state index in [1.807, 2.05) is 18.2 Å². The lowest BCUT2D eigenvalue weighted by Gasteiger charge is -1.99. The topological polar surface area (TPSA) is 43.1 Å². The maximum absolute atomic E-state index is 11.0. The van der Waals surface area contributed by atoms with Crippen molar-refractivity contribution in [1.29, 1.82) is 0 Å². The molecular weight excluding hydrogens is 174 g/mol. The van der Waals surface area contributed by atoms with Gasteiger partial charge in [-0.05, 0) is 17.2 Å². The number of carbonyl (C=O) groups is 1. The van der Waals surface area contributed by atoms with E-state index in [0.717, 1.165) is 16.8 Å². The molecule has 0 saturated heterocycles. The maximum atomic E-state index is 11.0. The van der Waals surface area contributed by atoms with Gasteiger partial charge in [0.1, 0.15) is 5.78 Å².